The SMILES string of the molecule is CC(C)(C)OC(=O)N1CC2C3C=CC(O3)C2C1. The van der Waals surface area contributed by atoms with Gasteiger partial charge in [-0.15, -0.1) is 0 Å². The first-order valence-electron chi connectivity index (χ1n) is 6.26. The maximum absolute atomic E-state index is 12.0. The maximum Gasteiger partial charge on any atom is 0.410 e. The second-order valence-electron chi connectivity index (χ2n) is 6.16. The van der Waals surface area contributed by atoms with Crippen molar-refractivity contribution in [3.63, 3.8) is 0 Å². The van der Waals surface area contributed by atoms with Crippen molar-refractivity contribution >= 4 is 6.09 Å². The van der Waals surface area contributed by atoms with E-state index in [0.29, 0.717) is 11.8 Å². The summed E-state index contributed by atoms with van der Waals surface area (Å²) < 4.78 is 11.2. The molecular weight excluding hydrogens is 218 g/mol. The minimum absolute atomic E-state index is 0.189. The Morgan fingerprint density at radius 2 is 1.76 bits per heavy atom. The highest BCUT2D eigenvalue weighted by Crippen LogP contribution is 2.43. The van der Waals surface area contributed by atoms with Crippen LogP contribution in [-0.4, -0.2) is 41.9 Å². The molecule has 17 heavy (non-hydrogen) atoms. The van der Waals surface area contributed by atoms with Crippen LogP contribution in [0.25, 0.3) is 0 Å². The number of carbonyl (C=O) groups excluding carboxylic acids is 1. The minimum Gasteiger partial charge on any atom is -0.444 e. The third-order valence-corrected chi connectivity index (χ3v) is 3.71. The molecule has 4 nitrogen and oxygen atoms in total. The van der Waals surface area contributed by atoms with E-state index in [2.05, 4.69) is 12.2 Å². The quantitative estimate of drug-likeness (QED) is 0.603. The molecule has 0 aromatic heterocycles. The van der Waals surface area contributed by atoms with Gasteiger partial charge in [-0.1, -0.05) is 12.2 Å². The third-order valence-electron chi connectivity index (χ3n) is 3.71. The van der Waals surface area contributed by atoms with Gasteiger partial charge in [0, 0.05) is 24.9 Å². The van der Waals surface area contributed by atoms with E-state index >= 15 is 0 Å². The molecule has 0 aromatic carbocycles. The van der Waals surface area contributed by atoms with Gasteiger partial charge in [-0.2, -0.15) is 0 Å². The average molecular weight is 237 g/mol. The molecule has 4 unspecified atom stereocenters. The van der Waals surface area contributed by atoms with Crippen molar-refractivity contribution in [1.29, 1.82) is 0 Å². The standard InChI is InChI=1S/C13H19NO3/c1-13(2,3)17-12(15)14-6-8-9(7-14)11-5-4-10(8)16-11/h4-5,8-11H,6-7H2,1-3H3. The Morgan fingerprint density at radius 1 is 1.24 bits per heavy atom. The van der Waals surface area contributed by atoms with Crippen LogP contribution in [0, 0.1) is 11.8 Å². The fourth-order valence-electron chi connectivity index (χ4n) is 3.00. The topological polar surface area (TPSA) is 38.8 Å². The van der Waals surface area contributed by atoms with Crippen molar-refractivity contribution in [3.05, 3.63) is 12.2 Å². The highest BCUT2D eigenvalue weighted by Gasteiger charge is 2.51. The Morgan fingerprint density at radius 3 is 2.24 bits per heavy atom. The lowest BCUT2D eigenvalue weighted by Gasteiger charge is -2.25. The highest BCUT2D eigenvalue weighted by atomic mass is 16.6. The number of hydrogen-bond donors (Lipinski definition) is 0. The van der Waals surface area contributed by atoms with Crippen LogP contribution < -0.4 is 0 Å². The van der Waals surface area contributed by atoms with Crippen LogP contribution >= 0.6 is 0 Å². The Bertz CT molecular complexity index is 351. The monoisotopic (exact) mass is 237 g/mol. The number of nitrogens with zero attached hydrogens (tertiary/aromatic N) is 1. The van der Waals surface area contributed by atoms with E-state index in [-0.39, 0.29) is 18.3 Å². The maximum atomic E-state index is 12.0. The van der Waals surface area contributed by atoms with Gasteiger partial charge in [0.15, 0.2) is 0 Å². The van der Waals surface area contributed by atoms with Crippen molar-refractivity contribution in [1.82, 2.24) is 4.90 Å². The van der Waals surface area contributed by atoms with Crippen molar-refractivity contribution in [2.24, 2.45) is 11.8 Å². The van der Waals surface area contributed by atoms with Crippen molar-refractivity contribution < 1.29 is 14.3 Å². The predicted octanol–water partition coefficient (Wildman–Crippen LogP) is 1.81. The van der Waals surface area contributed by atoms with Crippen LogP contribution in [0.4, 0.5) is 4.79 Å². The van der Waals surface area contributed by atoms with Gasteiger partial charge < -0.3 is 14.4 Å². The molecule has 3 aliphatic heterocycles. The molecule has 0 aromatic rings. The number of carbonyl (C=O) groups is 1. The second kappa shape index (κ2) is 3.48. The Kier molecular flexibility index (Phi) is 2.27. The molecule has 3 rings (SSSR count). The number of likely N-dealkylation sites (tertiary alicyclic amines) is 1. The van der Waals surface area contributed by atoms with Gasteiger partial charge in [-0.25, -0.2) is 4.79 Å². The predicted molar refractivity (Wildman–Crippen MR) is 62.6 cm³/mol. The van der Waals surface area contributed by atoms with Gasteiger partial charge >= 0.3 is 6.09 Å². The molecule has 1 amide bonds. The van der Waals surface area contributed by atoms with E-state index in [9.17, 15) is 4.79 Å². The highest BCUT2D eigenvalue weighted by molar-refractivity contribution is 5.68. The van der Waals surface area contributed by atoms with Gasteiger partial charge in [0.1, 0.15) is 5.60 Å². The number of rotatable bonds is 0. The van der Waals surface area contributed by atoms with Crippen LogP contribution in [0.5, 0.6) is 0 Å². The summed E-state index contributed by atoms with van der Waals surface area (Å²) in [6, 6.07) is 0. The molecule has 0 N–H and O–H groups in total. The summed E-state index contributed by atoms with van der Waals surface area (Å²) in [7, 11) is 0. The number of hydrogen-bond acceptors (Lipinski definition) is 3. The molecule has 0 spiro atoms. The van der Waals surface area contributed by atoms with Crippen LogP contribution in [0.2, 0.25) is 0 Å². The summed E-state index contributed by atoms with van der Waals surface area (Å²) in [5, 5.41) is 0. The summed E-state index contributed by atoms with van der Waals surface area (Å²) in [6.45, 7) is 7.23. The van der Waals surface area contributed by atoms with Crippen LogP contribution in [0.15, 0.2) is 12.2 Å². The lowest BCUT2D eigenvalue weighted by molar-refractivity contribution is 0.0223. The number of fused-ring (bicyclic) bond motifs is 5. The first-order valence-corrected chi connectivity index (χ1v) is 6.26. The molecule has 2 fully saturated rings. The smallest absolute Gasteiger partial charge is 0.410 e. The Balaban J connectivity index is 1.64. The van der Waals surface area contributed by atoms with E-state index in [4.69, 9.17) is 9.47 Å². The molecule has 4 atom stereocenters. The zero-order valence-corrected chi connectivity index (χ0v) is 10.6. The van der Waals surface area contributed by atoms with E-state index in [1.165, 1.54) is 0 Å². The van der Waals surface area contributed by atoms with E-state index in [0.717, 1.165) is 13.1 Å². The fourth-order valence-corrected chi connectivity index (χ4v) is 3.00. The molecule has 4 heteroatoms. The third kappa shape index (κ3) is 1.84. The van der Waals surface area contributed by atoms with E-state index < -0.39 is 5.60 Å². The van der Waals surface area contributed by atoms with Gasteiger partial charge in [0.25, 0.3) is 0 Å². The fraction of sp³-hybridized carbons (Fsp3) is 0.769. The molecule has 2 bridgehead atoms. The zero-order valence-electron chi connectivity index (χ0n) is 10.6. The molecule has 0 saturated carbocycles. The molecular formula is C13H19NO3. The first kappa shape index (κ1) is 11.1. The molecule has 0 aliphatic carbocycles. The molecule has 94 valence electrons. The molecule has 0 radical (unpaired) electrons. The van der Waals surface area contributed by atoms with Crippen LogP contribution in [0.1, 0.15) is 20.8 Å². The summed E-state index contributed by atoms with van der Waals surface area (Å²) in [6.07, 6.45) is 4.51. The van der Waals surface area contributed by atoms with Crippen molar-refractivity contribution in [2.45, 2.75) is 38.6 Å². The minimum atomic E-state index is -0.414. The number of amides is 1. The normalized spacial score (nSPS) is 38.6. The largest absolute Gasteiger partial charge is 0.444 e. The van der Waals surface area contributed by atoms with Gasteiger partial charge in [-0.05, 0) is 20.8 Å². The lowest BCUT2D eigenvalue weighted by Crippen LogP contribution is -2.36. The summed E-state index contributed by atoms with van der Waals surface area (Å²) >= 11 is 0. The Labute approximate surface area is 102 Å². The molecule has 3 aliphatic rings. The Hall–Kier alpha value is -1.03. The summed E-state index contributed by atoms with van der Waals surface area (Å²) in [4.78, 5) is 13.8. The first-order chi connectivity index (χ1) is 7.94. The number of ether oxygens (including phenoxy) is 2. The molecule has 2 saturated heterocycles. The van der Waals surface area contributed by atoms with Crippen LogP contribution in [-0.2, 0) is 9.47 Å². The van der Waals surface area contributed by atoms with E-state index in [1.54, 1.807) is 0 Å². The van der Waals surface area contributed by atoms with Crippen LogP contribution in [0.3, 0.4) is 0 Å². The summed E-state index contributed by atoms with van der Waals surface area (Å²) in [5.74, 6) is 0.940. The van der Waals surface area contributed by atoms with Crippen molar-refractivity contribution in [3.8, 4) is 0 Å². The average Bonchev–Trinajstić information content (AvgIpc) is 2.87. The van der Waals surface area contributed by atoms with Gasteiger partial charge in [-0.3, -0.25) is 0 Å². The van der Waals surface area contributed by atoms with Crippen molar-refractivity contribution in [2.75, 3.05) is 13.1 Å². The summed E-state index contributed by atoms with van der Waals surface area (Å²) in [5.41, 5.74) is -0.414. The van der Waals surface area contributed by atoms with Gasteiger partial charge in [0.2, 0.25) is 0 Å². The van der Waals surface area contributed by atoms with E-state index in [1.807, 2.05) is 25.7 Å². The second-order valence-corrected chi connectivity index (χ2v) is 6.16. The lowest BCUT2D eigenvalue weighted by atomic mass is 9.86. The zero-order chi connectivity index (χ0) is 12.2. The molecule has 3 heterocycles. The van der Waals surface area contributed by atoms with Gasteiger partial charge in [0.05, 0.1) is 12.2 Å².